The van der Waals surface area contributed by atoms with Gasteiger partial charge in [-0.3, -0.25) is 4.79 Å². The molecule has 0 N–H and O–H groups in total. The number of benzene rings is 1. The molecule has 1 aromatic rings. The molecule has 0 bridgehead atoms. The van der Waals surface area contributed by atoms with Gasteiger partial charge < -0.3 is 14.2 Å². The lowest BCUT2D eigenvalue weighted by Crippen LogP contribution is -2.22. The van der Waals surface area contributed by atoms with Crippen LogP contribution in [0.4, 0.5) is 0 Å². The van der Waals surface area contributed by atoms with Crippen molar-refractivity contribution < 1.29 is 19.0 Å². The molecule has 0 amide bonds. The molecule has 0 saturated heterocycles. The Balaban J connectivity index is 2.53. The molecule has 24 heavy (non-hydrogen) atoms. The maximum atomic E-state index is 10.7. The molecule has 0 fully saturated rings. The van der Waals surface area contributed by atoms with Crippen LogP contribution in [0.3, 0.4) is 0 Å². The van der Waals surface area contributed by atoms with Gasteiger partial charge in [0.05, 0.1) is 6.61 Å². The molecule has 0 spiro atoms. The van der Waals surface area contributed by atoms with E-state index >= 15 is 0 Å². The fourth-order valence-electron chi connectivity index (χ4n) is 2.68. The molecule has 0 aliphatic carbocycles. The number of ether oxygens (including phenoxy) is 3. The van der Waals surface area contributed by atoms with Gasteiger partial charge >= 0.3 is 5.97 Å². The molecule has 0 aromatic heterocycles. The van der Waals surface area contributed by atoms with Crippen molar-refractivity contribution in [3.63, 3.8) is 0 Å². The summed E-state index contributed by atoms with van der Waals surface area (Å²) in [7, 11) is 0. The molecule has 0 heterocycles. The third kappa shape index (κ3) is 7.82. The van der Waals surface area contributed by atoms with Gasteiger partial charge in [0, 0.05) is 13.3 Å². The third-order valence-electron chi connectivity index (χ3n) is 3.89. The summed E-state index contributed by atoms with van der Waals surface area (Å²) < 4.78 is 16.3. The van der Waals surface area contributed by atoms with Crippen LogP contribution in [0.5, 0.6) is 5.75 Å². The molecule has 0 aliphatic rings. The SMILES string of the molecule is CCC(OCCOC(C)=O)Oc1ccc(C(CC)CC(C)C)cc1. The molecule has 1 rings (SSSR count). The maximum Gasteiger partial charge on any atom is 0.302 e. The molecule has 0 saturated carbocycles. The number of carbonyl (C=O) groups is 1. The van der Waals surface area contributed by atoms with Crippen molar-refractivity contribution in [1.29, 1.82) is 0 Å². The van der Waals surface area contributed by atoms with Gasteiger partial charge in [0.1, 0.15) is 12.4 Å². The third-order valence-corrected chi connectivity index (χ3v) is 3.89. The Morgan fingerprint density at radius 2 is 1.71 bits per heavy atom. The number of hydrogen-bond donors (Lipinski definition) is 0. The van der Waals surface area contributed by atoms with E-state index in [1.54, 1.807) is 0 Å². The van der Waals surface area contributed by atoms with Gasteiger partial charge in [-0.15, -0.1) is 0 Å². The first-order valence-electron chi connectivity index (χ1n) is 8.97. The molecule has 0 radical (unpaired) electrons. The van der Waals surface area contributed by atoms with Crippen LogP contribution in [0.1, 0.15) is 65.4 Å². The van der Waals surface area contributed by atoms with E-state index in [1.807, 2.05) is 19.1 Å². The van der Waals surface area contributed by atoms with Crippen LogP contribution in [0, 0.1) is 5.92 Å². The minimum Gasteiger partial charge on any atom is -0.465 e. The Morgan fingerprint density at radius 3 is 2.21 bits per heavy atom. The first kappa shape index (κ1) is 20.5. The van der Waals surface area contributed by atoms with Crippen molar-refractivity contribution in [1.82, 2.24) is 0 Å². The van der Waals surface area contributed by atoms with E-state index in [1.165, 1.54) is 18.9 Å². The smallest absolute Gasteiger partial charge is 0.302 e. The number of carbonyl (C=O) groups excluding carboxylic acids is 1. The van der Waals surface area contributed by atoms with Crippen LogP contribution in [0.25, 0.3) is 0 Å². The van der Waals surface area contributed by atoms with Crippen molar-refractivity contribution in [2.45, 2.75) is 66.1 Å². The predicted octanol–water partition coefficient (Wildman–Crippen LogP) is 4.92. The average Bonchev–Trinajstić information content (AvgIpc) is 2.55. The van der Waals surface area contributed by atoms with Crippen molar-refractivity contribution in [2.24, 2.45) is 5.92 Å². The summed E-state index contributed by atoms with van der Waals surface area (Å²) in [6.45, 7) is 10.7. The predicted molar refractivity (Wildman–Crippen MR) is 96.2 cm³/mol. The maximum absolute atomic E-state index is 10.7. The average molecular weight is 336 g/mol. The zero-order valence-corrected chi connectivity index (χ0v) is 15.7. The summed E-state index contributed by atoms with van der Waals surface area (Å²) >= 11 is 0. The van der Waals surface area contributed by atoms with Gasteiger partial charge in [0.2, 0.25) is 0 Å². The zero-order chi connectivity index (χ0) is 17.9. The van der Waals surface area contributed by atoms with Gasteiger partial charge in [-0.1, -0.05) is 39.8 Å². The Labute approximate surface area is 146 Å². The highest BCUT2D eigenvalue weighted by Crippen LogP contribution is 2.28. The van der Waals surface area contributed by atoms with Crippen molar-refractivity contribution in [3.05, 3.63) is 29.8 Å². The second-order valence-electron chi connectivity index (χ2n) is 6.47. The Bertz CT molecular complexity index is 467. The van der Waals surface area contributed by atoms with Crippen molar-refractivity contribution in [3.8, 4) is 5.75 Å². The second-order valence-corrected chi connectivity index (χ2v) is 6.47. The first-order valence-corrected chi connectivity index (χ1v) is 8.97. The Kier molecular flexibility index (Phi) is 9.46. The molecule has 4 heteroatoms. The summed E-state index contributed by atoms with van der Waals surface area (Å²) in [5, 5.41) is 0. The number of rotatable bonds is 11. The Hall–Kier alpha value is -1.55. The molecular formula is C20H32O4. The van der Waals surface area contributed by atoms with E-state index in [0.717, 1.165) is 18.6 Å². The lowest BCUT2D eigenvalue weighted by molar-refractivity contribution is -0.146. The van der Waals surface area contributed by atoms with Crippen LogP contribution in [0.15, 0.2) is 24.3 Å². The second kappa shape index (κ2) is 11.1. The van der Waals surface area contributed by atoms with E-state index in [4.69, 9.17) is 14.2 Å². The fraction of sp³-hybridized carbons (Fsp3) is 0.650. The normalized spacial score (nSPS) is 13.6. The summed E-state index contributed by atoms with van der Waals surface area (Å²) in [5.41, 5.74) is 1.36. The molecule has 2 unspecified atom stereocenters. The lowest BCUT2D eigenvalue weighted by atomic mass is 9.88. The van der Waals surface area contributed by atoms with E-state index in [2.05, 4.69) is 32.9 Å². The van der Waals surface area contributed by atoms with Crippen LogP contribution in [-0.2, 0) is 14.3 Å². The highest BCUT2D eigenvalue weighted by Gasteiger charge is 2.13. The van der Waals surface area contributed by atoms with Crippen LogP contribution >= 0.6 is 0 Å². The van der Waals surface area contributed by atoms with Gasteiger partial charge in [0.25, 0.3) is 0 Å². The zero-order valence-electron chi connectivity index (χ0n) is 15.7. The molecule has 1 aromatic carbocycles. The quantitative estimate of drug-likeness (QED) is 0.327. The lowest BCUT2D eigenvalue weighted by Gasteiger charge is -2.20. The molecular weight excluding hydrogens is 304 g/mol. The molecule has 136 valence electrons. The van der Waals surface area contributed by atoms with Crippen molar-refractivity contribution >= 4 is 5.97 Å². The number of esters is 1. The molecule has 2 atom stereocenters. The monoisotopic (exact) mass is 336 g/mol. The minimum absolute atomic E-state index is 0.252. The summed E-state index contributed by atoms with van der Waals surface area (Å²) in [5.74, 6) is 1.80. The van der Waals surface area contributed by atoms with Crippen LogP contribution in [-0.4, -0.2) is 25.5 Å². The van der Waals surface area contributed by atoms with Gasteiger partial charge in [-0.25, -0.2) is 0 Å². The van der Waals surface area contributed by atoms with E-state index < -0.39 is 0 Å². The van der Waals surface area contributed by atoms with Gasteiger partial charge in [-0.2, -0.15) is 0 Å². The Morgan fingerprint density at radius 1 is 1.04 bits per heavy atom. The standard InChI is InChI=1S/C20H32O4/c1-6-17(14-15(3)4)18-8-10-19(11-9-18)24-20(7-2)23-13-12-22-16(5)21/h8-11,15,17,20H,6-7,12-14H2,1-5H3. The summed E-state index contributed by atoms with van der Waals surface area (Å²) in [6.07, 6.45) is 2.75. The molecule has 4 nitrogen and oxygen atoms in total. The molecule has 0 aliphatic heterocycles. The van der Waals surface area contributed by atoms with Gasteiger partial charge in [0.15, 0.2) is 6.29 Å². The van der Waals surface area contributed by atoms with Gasteiger partial charge in [-0.05, 0) is 42.4 Å². The first-order chi connectivity index (χ1) is 11.5. The van der Waals surface area contributed by atoms with Crippen LogP contribution in [0.2, 0.25) is 0 Å². The topological polar surface area (TPSA) is 44.8 Å². The number of hydrogen-bond acceptors (Lipinski definition) is 4. The fourth-order valence-corrected chi connectivity index (χ4v) is 2.68. The highest BCUT2D eigenvalue weighted by atomic mass is 16.7. The largest absolute Gasteiger partial charge is 0.465 e. The van der Waals surface area contributed by atoms with E-state index in [-0.39, 0.29) is 18.9 Å². The van der Waals surface area contributed by atoms with Crippen molar-refractivity contribution in [2.75, 3.05) is 13.2 Å². The minimum atomic E-state index is -0.330. The summed E-state index contributed by atoms with van der Waals surface area (Å²) in [6, 6.07) is 8.32. The van der Waals surface area contributed by atoms with Crippen LogP contribution < -0.4 is 4.74 Å². The summed E-state index contributed by atoms with van der Waals surface area (Å²) in [4.78, 5) is 10.7. The highest BCUT2D eigenvalue weighted by molar-refractivity contribution is 5.65. The van der Waals surface area contributed by atoms with E-state index in [0.29, 0.717) is 18.4 Å². The van der Waals surface area contributed by atoms with E-state index in [9.17, 15) is 4.79 Å².